The Kier molecular flexibility index (Phi) is 4.27. The maximum Gasteiger partial charge on any atom is 0.0576 e. The Bertz CT molecular complexity index is 163. The molecule has 1 fully saturated rings. The van der Waals surface area contributed by atoms with Crippen LogP contribution in [0.3, 0.4) is 0 Å². The molecule has 0 amide bonds. The Hall–Kier alpha value is -0.0100. The number of hydrogen-bond acceptors (Lipinski definition) is 1. The van der Waals surface area contributed by atoms with Crippen LogP contribution >= 0.6 is 11.6 Å². The Morgan fingerprint density at radius 3 is 2.92 bits per heavy atom. The molecular weight excluding hydrogens is 184 g/mol. The van der Waals surface area contributed by atoms with Gasteiger partial charge in [-0.2, -0.15) is 0 Å². The molecule has 0 N–H and O–H groups in total. The van der Waals surface area contributed by atoms with Crippen LogP contribution in [0.5, 0.6) is 0 Å². The van der Waals surface area contributed by atoms with E-state index in [1.807, 2.05) is 6.08 Å². The molecule has 0 aliphatic carbocycles. The maximum atomic E-state index is 5.88. The zero-order valence-corrected chi connectivity index (χ0v) is 9.15. The molecule has 76 valence electrons. The van der Waals surface area contributed by atoms with Crippen molar-refractivity contribution in [1.29, 1.82) is 0 Å². The fourth-order valence-corrected chi connectivity index (χ4v) is 1.83. The van der Waals surface area contributed by atoms with Gasteiger partial charge in [-0.25, -0.2) is 0 Å². The predicted molar refractivity (Wildman–Crippen MR) is 57.2 cm³/mol. The number of halogens is 1. The van der Waals surface area contributed by atoms with E-state index in [1.54, 1.807) is 0 Å². The van der Waals surface area contributed by atoms with Gasteiger partial charge in [0.25, 0.3) is 0 Å². The van der Waals surface area contributed by atoms with Gasteiger partial charge in [-0.15, -0.1) is 18.2 Å². The largest absolute Gasteiger partial charge is 0.378 e. The molecule has 1 saturated heterocycles. The van der Waals surface area contributed by atoms with Crippen LogP contribution in [-0.2, 0) is 4.74 Å². The Labute approximate surface area is 86.1 Å². The molecule has 13 heavy (non-hydrogen) atoms. The zero-order valence-electron chi connectivity index (χ0n) is 8.39. The van der Waals surface area contributed by atoms with Crippen molar-refractivity contribution >= 4 is 11.6 Å². The summed E-state index contributed by atoms with van der Waals surface area (Å²) in [6.45, 7) is 6.92. The number of rotatable bonds is 5. The number of ether oxygens (including phenoxy) is 1. The molecule has 1 rings (SSSR count). The molecule has 1 nitrogen and oxygen atoms in total. The summed E-state index contributed by atoms with van der Waals surface area (Å²) < 4.78 is 5.56. The average molecular weight is 203 g/mol. The topological polar surface area (TPSA) is 9.23 Å². The number of allylic oxidation sites excluding steroid dienone is 1. The molecule has 2 unspecified atom stereocenters. The highest BCUT2D eigenvalue weighted by atomic mass is 35.5. The lowest BCUT2D eigenvalue weighted by molar-refractivity contribution is 0.0959. The number of alkyl halides is 1. The lowest BCUT2D eigenvalue weighted by atomic mass is 9.86. The minimum Gasteiger partial charge on any atom is -0.378 e. The van der Waals surface area contributed by atoms with Crippen LogP contribution in [0, 0.1) is 5.41 Å². The highest BCUT2D eigenvalue weighted by molar-refractivity contribution is 6.18. The Morgan fingerprint density at radius 2 is 2.46 bits per heavy atom. The van der Waals surface area contributed by atoms with Gasteiger partial charge in [0.05, 0.1) is 6.10 Å². The summed E-state index contributed by atoms with van der Waals surface area (Å²) >= 11 is 5.88. The minimum atomic E-state index is 0.0908. The van der Waals surface area contributed by atoms with Crippen molar-refractivity contribution in [3.8, 4) is 0 Å². The molecule has 0 radical (unpaired) electrons. The molecule has 0 spiro atoms. The smallest absolute Gasteiger partial charge is 0.0576 e. The zero-order chi connectivity index (χ0) is 9.73. The first-order valence-electron chi connectivity index (χ1n) is 5.01. The molecule has 2 heteroatoms. The fraction of sp³-hybridized carbons (Fsp3) is 0.818. The number of hydrogen-bond donors (Lipinski definition) is 0. The van der Waals surface area contributed by atoms with Crippen molar-refractivity contribution < 1.29 is 4.74 Å². The summed E-state index contributed by atoms with van der Waals surface area (Å²) in [6, 6.07) is 0. The molecular formula is C11H19ClO. The molecule has 0 aromatic carbocycles. The van der Waals surface area contributed by atoms with E-state index in [-0.39, 0.29) is 5.41 Å². The lowest BCUT2D eigenvalue weighted by Gasteiger charge is -2.23. The van der Waals surface area contributed by atoms with Crippen LogP contribution in [0.15, 0.2) is 12.7 Å². The summed E-state index contributed by atoms with van der Waals surface area (Å²) in [5.74, 6) is 0.656. The van der Waals surface area contributed by atoms with Crippen LogP contribution in [0.4, 0.5) is 0 Å². The van der Waals surface area contributed by atoms with Gasteiger partial charge in [0.1, 0.15) is 0 Å². The molecule has 0 aromatic heterocycles. The minimum absolute atomic E-state index is 0.0908. The molecule has 2 atom stereocenters. The molecule has 0 aromatic rings. The Morgan fingerprint density at radius 1 is 1.69 bits per heavy atom. The Balaban J connectivity index is 2.26. The van der Waals surface area contributed by atoms with Gasteiger partial charge in [-0.05, 0) is 31.1 Å². The fourth-order valence-electron chi connectivity index (χ4n) is 1.59. The summed E-state index contributed by atoms with van der Waals surface area (Å²) in [7, 11) is 0. The second-order valence-corrected chi connectivity index (χ2v) is 4.43. The molecule has 1 heterocycles. The predicted octanol–water partition coefficient (Wildman–Crippen LogP) is 3.38. The van der Waals surface area contributed by atoms with E-state index < -0.39 is 0 Å². The van der Waals surface area contributed by atoms with Crippen molar-refractivity contribution in [3.05, 3.63) is 12.7 Å². The van der Waals surface area contributed by atoms with Gasteiger partial charge in [-0.1, -0.05) is 13.0 Å². The van der Waals surface area contributed by atoms with E-state index in [1.165, 1.54) is 12.8 Å². The van der Waals surface area contributed by atoms with Gasteiger partial charge in [-0.3, -0.25) is 0 Å². The first-order chi connectivity index (χ1) is 6.20. The van der Waals surface area contributed by atoms with E-state index >= 15 is 0 Å². The van der Waals surface area contributed by atoms with Crippen molar-refractivity contribution in [3.63, 3.8) is 0 Å². The summed E-state index contributed by atoms with van der Waals surface area (Å²) in [6.07, 6.45) is 7.09. The second-order valence-electron chi connectivity index (χ2n) is 4.17. The maximum absolute atomic E-state index is 5.88. The average Bonchev–Trinajstić information content (AvgIpc) is 2.67. The monoisotopic (exact) mass is 202 g/mol. The van der Waals surface area contributed by atoms with Crippen molar-refractivity contribution in [1.82, 2.24) is 0 Å². The third kappa shape index (κ3) is 3.32. The van der Waals surface area contributed by atoms with Gasteiger partial charge in [0.15, 0.2) is 0 Å². The molecule has 1 aliphatic heterocycles. The first kappa shape index (κ1) is 11.1. The van der Waals surface area contributed by atoms with E-state index in [0.717, 1.165) is 19.4 Å². The summed E-state index contributed by atoms with van der Waals surface area (Å²) in [5.41, 5.74) is 0.0908. The highest BCUT2D eigenvalue weighted by Crippen LogP contribution is 2.29. The van der Waals surface area contributed by atoms with E-state index in [0.29, 0.717) is 12.0 Å². The van der Waals surface area contributed by atoms with Crippen molar-refractivity contribution in [2.45, 2.75) is 38.7 Å². The normalized spacial score (nSPS) is 27.1. The van der Waals surface area contributed by atoms with Gasteiger partial charge >= 0.3 is 0 Å². The third-order valence-corrected chi connectivity index (χ3v) is 3.47. The van der Waals surface area contributed by atoms with Crippen LogP contribution in [0.2, 0.25) is 0 Å². The highest BCUT2D eigenvalue weighted by Gasteiger charge is 2.23. The first-order valence-corrected chi connectivity index (χ1v) is 5.55. The van der Waals surface area contributed by atoms with Gasteiger partial charge in [0, 0.05) is 12.5 Å². The van der Waals surface area contributed by atoms with E-state index in [2.05, 4.69) is 13.5 Å². The third-order valence-electron chi connectivity index (χ3n) is 2.86. The van der Waals surface area contributed by atoms with Gasteiger partial charge < -0.3 is 4.74 Å². The van der Waals surface area contributed by atoms with Gasteiger partial charge in [0.2, 0.25) is 0 Å². The van der Waals surface area contributed by atoms with Crippen LogP contribution in [-0.4, -0.2) is 18.6 Å². The lowest BCUT2D eigenvalue weighted by Crippen LogP contribution is -2.18. The molecule has 0 bridgehead atoms. The summed E-state index contributed by atoms with van der Waals surface area (Å²) in [5, 5.41) is 0. The van der Waals surface area contributed by atoms with Crippen LogP contribution < -0.4 is 0 Å². The quantitative estimate of drug-likeness (QED) is 0.491. The summed E-state index contributed by atoms with van der Waals surface area (Å²) in [4.78, 5) is 0. The SMILES string of the molecule is C=CC(C)(CCl)CCC1CCCO1. The van der Waals surface area contributed by atoms with E-state index in [4.69, 9.17) is 16.3 Å². The molecule has 1 aliphatic rings. The standard InChI is InChI=1S/C11H19ClO/c1-3-11(2,9-12)7-6-10-5-4-8-13-10/h3,10H,1,4-9H2,2H3. The molecule has 0 saturated carbocycles. The van der Waals surface area contributed by atoms with E-state index in [9.17, 15) is 0 Å². The second kappa shape index (κ2) is 5.02. The van der Waals surface area contributed by atoms with Crippen LogP contribution in [0.1, 0.15) is 32.6 Å². The van der Waals surface area contributed by atoms with Crippen molar-refractivity contribution in [2.24, 2.45) is 5.41 Å². The van der Waals surface area contributed by atoms with Crippen molar-refractivity contribution in [2.75, 3.05) is 12.5 Å². The van der Waals surface area contributed by atoms with Crippen LogP contribution in [0.25, 0.3) is 0 Å².